The Labute approximate surface area is 217 Å². The van der Waals surface area contributed by atoms with E-state index in [4.69, 9.17) is 19.2 Å². The summed E-state index contributed by atoms with van der Waals surface area (Å²) in [4.78, 5) is 34.7. The van der Waals surface area contributed by atoms with E-state index in [1.165, 1.54) is 11.8 Å². The number of methoxy groups -OCH3 is 2. The molecule has 2 heterocycles. The highest BCUT2D eigenvalue weighted by atomic mass is 79.9. The molecule has 35 heavy (non-hydrogen) atoms. The number of rotatable bonds is 6. The number of carbonyl (C=O) groups is 2. The second-order valence-electron chi connectivity index (χ2n) is 7.74. The zero-order chi connectivity index (χ0) is 24.9. The highest BCUT2D eigenvalue weighted by Crippen LogP contribution is 2.38. The molecule has 184 valence electrons. The Kier molecular flexibility index (Phi) is 8.15. The first-order chi connectivity index (χ1) is 16.9. The van der Waals surface area contributed by atoms with E-state index in [-0.39, 0.29) is 11.8 Å². The Morgan fingerprint density at radius 1 is 1.17 bits per heavy atom. The SMILES string of the molecule is CCN1C(=O)/C(=C\c2cc(Br)c(OC)cc2OC)SC1=Nc1cccc(C(=O)N2CCOCC2)c1. The second kappa shape index (κ2) is 11.3. The number of morpholine rings is 1. The van der Waals surface area contributed by atoms with E-state index < -0.39 is 0 Å². The summed E-state index contributed by atoms with van der Waals surface area (Å²) in [5, 5.41) is 0.561. The lowest BCUT2D eigenvalue weighted by Crippen LogP contribution is -2.40. The van der Waals surface area contributed by atoms with E-state index in [1.807, 2.05) is 19.1 Å². The number of hydrogen-bond donors (Lipinski definition) is 0. The summed E-state index contributed by atoms with van der Waals surface area (Å²) in [5.74, 6) is 1.05. The number of likely N-dealkylation sites (N-methyl/N-ethyl adjacent to an activating group) is 1. The van der Waals surface area contributed by atoms with E-state index >= 15 is 0 Å². The van der Waals surface area contributed by atoms with Crippen LogP contribution in [-0.2, 0) is 9.53 Å². The molecule has 0 spiro atoms. The van der Waals surface area contributed by atoms with Gasteiger partial charge in [0.15, 0.2) is 5.17 Å². The van der Waals surface area contributed by atoms with Crippen molar-refractivity contribution < 1.29 is 23.8 Å². The van der Waals surface area contributed by atoms with E-state index in [2.05, 4.69) is 15.9 Å². The molecule has 0 unspecified atom stereocenters. The minimum absolute atomic E-state index is 0.0457. The summed E-state index contributed by atoms with van der Waals surface area (Å²) in [7, 11) is 3.16. The molecule has 10 heteroatoms. The average Bonchev–Trinajstić information content (AvgIpc) is 3.17. The van der Waals surface area contributed by atoms with Crippen LogP contribution in [0.1, 0.15) is 22.8 Å². The predicted octanol–water partition coefficient (Wildman–Crippen LogP) is 4.56. The van der Waals surface area contributed by atoms with Crippen LogP contribution in [-0.4, -0.2) is 73.8 Å². The van der Waals surface area contributed by atoms with E-state index in [9.17, 15) is 9.59 Å². The maximum Gasteiger partial charge on any atom is 0.266 e. The molecule has 2 amide bonds. The van der Waals surface area contributed by atoms with Gasteiger partial charge < -0.3 is 19.1 Å². The Bertz CT molecular complexity index is 1190. The van der Waals surface area contributed by atoms with Crippen LogP contribution in [0.3, 0.4) is 0 Å². The predicted molar refractivity (Wildman–Crippen MR) is 140 cm³/mol. The summed E-state index contributed by atoms with van der Waals surface area (Å²) < 4.78 is 16.9. The van der Waals surface area contributed by atoms with Gasteiger partial charge in [-0.15, -0.1) is 0 Å². The summed E-state index contributed by atoms with van der Waals surface area (Å²) in [6.07, 6.45) is 1.79. The molecule has 2 aliphatic rings. The van der Waals surface area contributed by atoms with Gasteiger partial charge in [0.05, 0.1) is 42.5 Å². The average molecular weight is 560 g/mol. The highest BCUT2D eigenvalue weighted by Gasteiger charge is 2.32. The molecule has 2 aromatic carbocycles. The first-order valence-electron chi connectivity index (χ1n) is 11.1. The summed E-state index contributed by atoms with van der Waals surface area (Å²) >= 11 is 4.78. The van der Waals surface area contributed by atoms with Crippen molar-refractivity contribution in [3.8, 4) is 11.5 Å². The topological polar surface area (TPSA) is 80.7 Å². The molecule has 0 N–H and O–H groups in total. The van der Waals surface area contributed by atoms with Gasteiger partial charge >= 0.3 is 0 Å². The van der Waals surface area contributed by atoms with Crippen molar-refractivity contribution in [3.63, 3.8) is 0 Å². The van der Waals surface area contributed by atoms with Crippen molar-refractivity contribution in [1.82, 2.24) is 9.80 Å². The van der Waals surface area contributed by atoms with Crippen LogP contribution in [0.15, 0.2) is 50.8 Å². The molecule has 0 radical (unpaired) electrons. The highest BCUT2D eigenvalue weighted by molar-refractivity contribution is 9.10. The van der Waals surface area contributed by atoms with E-state index in [0.29, 0.717) is 65.7 Å². The van der Waals surface area contributed by atoms with Gasteiger partial charge in [-0.3, -0.25) is 14.5 Å². The van der Waals surface area contributed by atoms with Gasteiger partial charge in [-0.25, -0.2) is 4.99 Å². The van der Waals surface area contributed by atoms with Gasteiger partial charge in [-0.2, -0.15) is 0 Å². The van der Waals surface area contributed by atoms with Crippen LogP contribution in [0.4, 0.5) is 5.69 Å². The van der Waals surface area contributed by atoms with Crippen LogP contribution in [0, 0.1) is 0 Å². The lowest BCUT2D eigenvalue weighted by atomic mass is 10.1. The summed E-state index contributed by atoms with van der Waals surface area (Å²) in [6.45, 7) is 4.61. The Morgan fingerprint density at radius 3 is 2.60 bits per heavy atom. The number of hydrogen-bond acceptors (Lipinski definition) is 7. The second-order valence-corrected chi connectivity index (χ2v) is 9.60. The number of amidine groups is 1. The molecule has 0 aromatic heterocycles. The minimum atomic E-state index is -0.134. The fraction of sp³-hybridized carbons (Fsp3) is 0.320. The molecule has 2 saturated heterocycles. The van der Waals surface area contributed by atoms with Crippen LogP contribution < -0.4 is 9.47 Å². The van der Waals surface area contributed by atoms with Gasteiger partial charge in [-0.1, -0.05) is 6.07 Å². The zero-order valence-electron chi connectivity index (χ0n) is 19.7. The number of ether oxygens (including phenoxy) is 3. The lowest BCUT2D eigenvalue weighted by Gasteiger charge is -2.26. The molecule has 8 nitrogen and oxygen atoms in total. The third kappa shape index (κ3) is 5.55. The molecule has 0 atom stereocenters. The fourth-order valence-electron chi connectivity index (χ4n) is 3.78. The molecule has 2 aromatic rings. The quantitative estimate of drug-likeness (QED) is 0.482. The van der Waals surface area contributed by atoms with Crippen LogP contribution in [0.5, 0.6) is 11.5 Å². The molecule has 2 fully saturated rings. The maximum absolute atomic E-state index is 13.1. The van der Waals surface area contributed by atoms with Crippen molar-refractivity contribution in [1.29, 1.82) is 0 Å². The van der Waals surface area contributed by atoms with Gasteiger partial charge in [0, 0.05) is 36.8 Å². The van der Waals surface area contributed by atoms with E-state index in [0.717, 1.165) is 10.0 Å². The van der Waals surface area contributed by atoms with Gasteiger partial charge in [0.25, 0.3) is 11.8 Å². The molecular formula is C25H26BrN3O5S. The number of halogens is 1. The van der Waals surface area contributed by atoms with Crippen LogP contribution in [0.2, 0.25) is 0 Å². The largest absolute Gasteiger partial charge is 0.496 e. The Hall–Kier alpha value is -2.82. The van der Waals surface area contributed by atoms with Gasteiger partial charge in [-0.05, 0) is 65.0 Å². The monoisotopic (exact) mass is 559 g/mol. The molecule has 0 bridgehead atoms. The van der Waals surface area contributed by atoms with Crippen LogP contribution in [0.25, 0.3) is 6.08 Å². The van der Waals surface area contributed by atoms with Crippen molar-refractivity contribution >= 4 is 56.4 Å². The summed E-state index contributed by atoms with van der Waals surface area (Å²) in [5.41, 5.74) is 1.92. The lowest BCUT2D eigenvalue weighted by molar-refractivity contribution is -0.122. The third-order valence-electron chi connectivity index (χ3n) is 5.61. The fourth-order valence-corrected chi connectivity index (χ4v) is 5.35. The Balaban J connectivity index is 1.62. The van der Waals surface area contributed by atoms with Crippen LogP contribution >= 0.6 is 27.7 Å². The molecule has 2 aliphatic heterocycles. The number of nitrogens with zero attached hydrogens (tertiary/aromatic N) is 3. The Morgan fingerprint density at radius 2 is 1.91 bits per heavy atom. The minimum Gasteiger partial charge on any atom is -0.496 e. The van der Waals surface area contributed by atoms with Gasteiger partial charge in [0.2, 0.25) is 0 Å². The molecule has 4 rings (SSSR count). The van der Waals surface area contributed by atoms with Crippen molar-refractivity contribution in [2.45, 2.75) is 6.92 Å². The van der Waals surface area contributed by atoms with Crippen molar-refractivity contribution in [3.05, 3.63) is 56.9 Å². The zero-order valence-corrected chi connectivity index (χ0v) is 22.1. The third-order valence-corrected chi connectivity index (χ3v) is 7.24. The van der Waals surface area contributed by atoms with Crippen molar-refractivity contribution in [2.24, 2.45) is 4.99 Å². The maximum atomic E-state index is 13.1. The number of thioether (sulfide) groups is 1. The summed E-state index contributed by atoms with van der Waals surface area (Å²) in [6, 6.07) is 10.8. The molecule has 0 aliphatic carbocycles. The number of benzene rings is 2. The number of carbonyl (C=O) groups excluding carboxylic acids is 2. The normalized spacial score (nSPS) is 18.5. The van der Waals surface area contributed by atoms with Crippen molar-refractivity contribution in [2.75, 3.05) is 47.1 Å². The molecule has 0 saturated carbocycles. The number of amides is 2. The van der Waals surface area contributed by atoms with Gasteiger partial charge in [0.1, 0.15) is 11.5 Å². The van der Waals surface area contributed by atoms with E-state index in [1.54, 1.807) is 54.4 Å². The standard InChI is InChI=1S/C25H26BrN3O5S/c1-4-29-24(31)22(14-17-13-19(26)21(33-3)15-20(17)32-2)35-25(29)27-18-7-5-6-16(12-18)23(30)28-8-10-34-11-9-28/h5-7,12-15H,4,8-11H2,1-3H3/b22-14+,27-25?. The smallest absolute Gasteiger partial charge is 0.266 e. The molecular weight excluding hydrogens is 534 g/mol. The first kappa shape index (κ1) is 25.3. The number of aliphatic imine (C=N–C) groups is 1. The first-order valence-corrected chi connectivity index (χ1v) is 12.7.